The lowest BCUT2D eigenvalue weighted by atomic mass is 9.97. The van der Waals surface area contributed by atoms with Gasteiger partial charge in [-0.15, -0.1) is 14.8 Å². The van der Waals surface area contributed by atoms with Crippen molar-refractivity contribution in [2.75, 3.05) is 23.3 Å². The molecule has 1 saturated heterocycles. The van der Waals surface area contributed by atoms with Gasteiger partial charge in [0, 0.05) is 19.3 Å². The topological polar surface area (TPSA) is 101 Å². The van der Waals surface area contributed by atoms with E-state index in [1.54, 1.807) is 18.5 Å². The summed E-state index contributed by atoms with van der Waals surface area (Å²) in [6.45, 7) is 1.48. The van der Waals surface area contributed by atoms with Crippen molar-refractivity contribution in [2.24, 2.45) is 5.92 Å². The van der Waals surface area contributed by atoms with Crippen LogP contribution in [0.2, 0.25) is 0 Å². The van der Waals surface area contributed by atoms with E-state index in [2.05, 4.69) is 35.8 Å². The number of pyridine rings is 1. The molecule has 1 aliphatic rings. The quantitative estimate of drug-likeness (QED) is 0.759. The van der Waals surface area contributed by atoms with Crippen LogP contribution in [0.4, 0.5) is 11.5 Å². The fraction of sp³-hybridized carbons (Fsp3) is 0.333. The fourth-order valence-corrected chi connectivity index (χ4v) is 2.89. The van der Waals surface area contributed by atoms with Gasteiger partial charge in [0.05, 0.1) is 17.8 Å². The van der Waals surface area contributed by atoms with Gasteiger partial charge < -0.3 is 10.2 Å². The van der Waals surface area contributed by atoms with Gasteiger partial charge in [0.25, 0.3) is 0 Å². The summed E-state index contributed by atoms with van der Waals surface area (Å²) in [5.41, 5.74) is 1.31. The molecule has 3 aromatic rings. The molecule has 0 aromatic carbocycles. The number of fused-ring (bicyclic) bond motifs is 1. The number of carbonyl (C=O) groups is 1. The Labute approximate surface area is 137 Å². The molecule has 1 atom stereocenters. The lowest BCUT2D eigenvalue weighted by Gasteiger charge is -2.32. The minimum absolute atomic E-state index is 0.0104. The number of amides is 1. The van der Waals surface area contributed by atoms with Gasteiger partial charge in [-0.25, -0.2) is 0 Å². The van der Waals surface area contributed by atoms with Crippen LogP contribution in [0.1, 0.15) is 12.8 Å². The number of aromatic nitrogens is 6. The van der Waals surface area contributed by atoms with Crippen molar-refractivity contribution in [3.63, 3.8) is 0 Å². The molecule has 0 radical (unpaired) electrons. The molecule has 0 bridgehead atoms. The van der Waals surface area contributed by atoms with Crippen LogP contribution in [-0.4, -0.2) is 49.2 Å². The third kappa shape index (κ3) is 2.87. The van der Waals surface area contributed by atoms with Crippen molar-refractivity contribution in [3.8, 4) is 0 Å². The van der Waals surface area contributed by atoms with Gasteiger partial charge in [-0.1, -0.05) is 0 Å². The molecule has 0 saturated carbocycles. The molecule has 9 heteroatoms. The van der Waals surface area contributed by atoms with E-state index < -0.39 is 0 Å². The monoisotopic (exact) mass is 324 g/mol. The lowest BCUT2D eigenvalue weighted by molar-refractivity contribution is -0.120. The number of hydrogen-bond donors (Lipinski definition) is 1. The summed E-state index contributed by atoms with van der Waals surface area (Å²) in [4.78, 5) is 18.6. The Bertz CT molecular complexity index is 849. The zero-order valence-electron chi connectivity index (χ0n) is 12.9. The highest BCUT2D eigenvalue weighted by molar-refractivity contribution is 5.92. The first-order chi connectivity index (χ1) is 11.8. The SMILES string of the molecule is O=C(Nc1cccnc1)C1CCCN(c2ccc3nnnn3n2)C1. The highest BCUT2D eigenvalue weighted by Crippen LogP contribution is 2.22. The molecule has 1 unspecified atom stereocenters. The average molecular weight is 324 g/mol. The maximum Gasteiger partial charge on any atom is 0.229 e. The number of hydrogen-bond acceptors (Lipinski definition) is 7. The Morgan fingerprint density at radius 1 is 1.29 bits per heavy atom. The Morgan fingerprint density at radius 2 is 2.25 bits per heavy atom. The minimum atomic E-state index is -0.0923. The Hall–Kier alpha value is -3.10. The zero-order chi connectivity index (χ0) is 16.4. The van der Waals surface area contributed by atoms with E-state index in [-0.39, 0.29) is 11.8 Å². The molecule has 3 aromatic heterocycles. The number of nitrogens with one attached hydrogen (secondary N) is 1. The largest absolute Gasteiger partial charge is 0.354 e. The van der Waals surface area contributed by atoms with E-state index in [4.69, 9.17) is 0 Å². The Morgan fingerprint density at radius 3 is 3.12 bits per heavy atom. The normalized spacial score (nSPS) is 17.8. The van der Waals surface area contributed by atoms with Crippen LogP contribution in [0.3, 0.4) is 0 Å². The number of tetrazole rings is 1. The van der Waals surface area contributed by atoms with Crippen molar-refractivity contribution in [1.82, 2.24) is 30.2 Å². The Kier molecular flexibility index (Phi) is 3.73. The number of carbonyl (C=O) groups excluding carboxylic acids is 1. The van der Waals surface area contributed by atoms with E-state index in [1.165, 1.54) is 4.63 Å². The summed E-state index contributed by atoms with van der Waals surface area (Å²) in [7, 11) is 0. The standard InChI is InChI=1S/C15H16N8O/c24-15(17-12-4-1-7-16-9-12)11-3-2-8-22(10-11)14-6-5-13-18-20-21-23(13)19-14/h1,4-7,9,11H,2-3,8,10H2,(H,17,24). The molecule has 1 fully saturated rings. The average Bonchev–Trinajstić information content (AvgIpc) is 3.10. The molecule has 4 rings (SSSR count). The first-order valence-corrected chi connectivity index (χ1v) is 7.81. The van der Waals surface area contributed by atoms with Gasteiger partial charge in [0.2, 0.25) is 5.91 Å². The minimum Gasteiger partial charge on any atom is -0.354 e. The van der Waals surface area contributed by atoms with Crippen molar-refractivity contribution in [2.45, 2.75) is 12.8 Å². The van der Waals surface area contributed by atoms with Crippen LogP contribution in [-0.2, 0) is 4.79 Å². The van der Waals surface area contributed by atoms with Gasteiger partial charge in [-0.3, -0.25) is 9.78 Å². The maximum atomic E-state index is 12.5. The van der Waals surface area contributed by atoms with Gasteiger partial charge in [0.1, 0.15) is 0 Å². The van der Waals surface area contributed by atoms with Crippen LogP contribution < -0.4 is 10.2 Å². The highest BCUT2D eigenvalue weighted by atomic mass is 16.1. The Balaban J connectivity index is 1.47. The van der Waals surface area contributed by atoms with Crippen LogP contribution in [0.15, 0.2) is 36.7 Å². The van der Waals surface area contributed by atoms with E-state index in [0.717, 1.165) is 25.2 Å². The zero-order valence-corrected chi connectivity index (χ0v) is 12.9. The summed E-state index contributed by atoms with van der Waals surface area (Å²) < 4.78 is 1.40. The van der Waals surface area contributed by atoms with E-state index >= 15 is 0 Å². The van der Waals surface area contributed by atoms with Gasteiger partial charge in [-0.05, 0) is 47.5 Å². The second-order valence-corrected chi connectivity index (χ2v) is 5.73. The second-order valence-electron chi connectivity index (χ2n) is 5.73. The second kappa shape index (κ2) is 6.19. The molecule has 1 N–H and O–H groups in total. The van der Waals surface area contributed by atoms with E-state index in [0.29, 0.717) is 17.9 Å². The van der Waals surface area contributed by atoms with Crippen molar-refractivity contribution in [3.05, 3.63) is 36.7 Å². The number of rotatable bonds is 3. The third-order valence-electron chi connectivity index (χ3n) is 4.10. The van der Waals surface area contributed by atoms with Gasteiger partial charge in [-0.2, -0.15) is 0 Å². The van der Waals surface area contributed by atoms with Crippen LogP contribution in [0.25, 0.3) is 5.65 Å². The van der Waals surface area contributed by atoms with Crippen molar-refractivity contribution < 1.29 is 4.79 Å². The maximum absolute atomic E-state index is 12.5. The molecular formula is C15H16N8O. The fourth-order valence-electron chi connectivity index (χ4n) is 2.89. The summed E-state index contributed by atoms with van der Waals surface area (Å²) in [6.07, 6.45) is 5.11. The number of anilines is 2. The molecule has 4 heterocycles. The highest BCUT2D eigenvalue weighted by Gasteiger charge is 2.27. The summed E-state index contributed by atoms with van der Waals surface area (Å²) in [5.74, 6) is 0.690. The predicted octanol–water partition coefficient (Wildman–Crippen LogP) is 0.769. The smallest absolute Gasteiger partial charge is 0.229 e. The first-order valence-electron chi connectivity index (χ1n) is 7.81. The van der Waals surface area contributed by atoms with Crippen LogP contribution in [0.5, 0.6) is 0 Å². The molecule has 1 aliphatic heterocycles. The van der Waals surface area contributed by atoms with E-state index in [1.807, 2.05) is 18.2 Å². The summed E-state index contributed by atoms with van der Waals surface area (Å²) in [6, 6.07) is 7.33. The molecule has 0 spiro atoms. The molecular weight excluding hydrogens is 308 g/mol. The van der Waals surface area contributed by atoms with Crippen molar-refractivity contribution in [1.29, 1.82) is 0 Å². The summed E-state index contributed by atoms with van der Waals surface area (Å²) >= 11 is 0. The van der Waals surface area contributed by atoms with Crippen LogP contribution in [0, 0.1) is 5.92 Å². The number of nitrogens with zero attached hydrogens (tertiary/aromatic N) is 7. The van der Waals surface area contributed by atoms with Crippen LogP contribution >= 0.6 is 0 Å². The van der Waals surface area contributed by atoms with Crippen molar-refractivity contribution >= 4 is 23.1 Å². The lowest BCUT2D eigenvalue weighted by Crippen LogP contribution is -2.41. The molecule has 1 amide bonds. The first kappa shape index (κ1) is 14.5. The van der Waals surface area contributed by atoms with Gasteiger partial charge in [0.15, 0.2) is 11.5 Å². The third-order valence-corrected chi connectivity index (χ3v) is 4.10. The molecule has 9 nitrogen and oxygen atoms in total. The van der Waals surface area contributed by atoms with E-state index in [9.17, 15) is 4.79 Å². The summed E-state index contributed by atoms with van der Waals surface area (Å²) in [5, 5.41) is 18.6. The molecule has 122 valence electrons. The molecule has 0 aliphatic carbocycles. The predicted molar refractivity (Wildman–Crippen MR) is 86.4 cm³/mol. The van der Waals surface area contributed by atoms with Gasteiger partial charge >= 0.3 is 0 Å². The number of piperidine rings is 1. The molecule has 24 heavy (non-hydrogen) atoms.